The molecular weight excluding hydrogens is 338 g/mol. The molecule has 0 saturated carbocycles. The van der Waals surface area contributed by atoms with E-state index in [9.17, 15) is 0 Å². The topological polar surface area (TPSA) is 43.8 Å². The number of para-hydroxylation sites is 1. The Morgan fingerprint density at radius 2 is 1.65 bits per heavy atom. The van der Waals surface area contributed by atoms with E-state index in [0.717, 1.165) is 16.9 Å². The van der Waals surface area contributed by atoms with Gasteiger partial charge in [-0.1, -0.05) is 48.0 Å². The zero-order valence-electron chi connectivity index (χ0n) is 10.4. The first-order valence-corrected chi connectivity index (χ1v) is 7.19. The molecule has 0 unspecified atom stereocenters. The molecule has 0 bridgehead atoms. The van der Waals surface area contributed by atoms with Gasteiger partial charge in [0.1, 0.15) is 0 Å². The van der Waals surface area contributed by atoms with Gasteiger partial charge in [0.15, 0.2) is 10.6 Å². The third-order valence-electron chi connectivity index (χ3n) is 3.01. The minimum absolute atomic E-state index is 0.439. The summed E-state index contributed by atoms with van der Waals surface area (Å²) in [6.45, 7) is 0. The molecule has 0 spiro atoms. The number of hydrogen-bond donors (Lipinski definition) is 1. The van der Waals surface area contributed by atoms with E-state index in [0.29, 0.717) is 15.6 Å². The third kappa shape index (κ3) is 2.21. The van der Waals surface area contributed by atoms with Crippen LogP contribution in [0.2, 0.25) is 5.02 Å². The molecule has 100 valence electrons. The van der Waals surface area contributed by atoms with Crippen molar-refractivity contribution in [3.05, 3.63) is 64.4 Å². The van der Waals surface area contributed by atoms with Crippen molar-refractivity contribution in [3.8, 4) is 16.9 Å². The minimum atomic E-state index is 0.439. The summed E-state index contributed by atoms with van der Waals surface area (Å²) in [6, 6.07) is 17.5. The number of hydrogen-bond acceptors (Lipinski definition) is 2. The fourth-order valence-corrected chi connectivity index (χ4v) is 2.93. The van der Waals surface area contributed by atoms with Crippen molar-refractivity contribution in [2.24, 2.45) is 0 Å². The molecule has 3 rings (SSSR count). The van der Waals surface area contributed by atoms with E-state index in [4.69, 9.17) is 17.3 Å². The van der Waals surface area contributed by atoms with Gasteiger partial charge >= 0.3 is 0 Å². The van der Waals surface area contributed by atoms with Crippen molar-refractivity contribution in [1.82, 2.24) is 9.55 Å². The van der Waals surface area contributed by atoms with E-state index in [1.54, 1.807) is 0 Å². The number of aromatic nitrogens is 2. The standard InChI is InChI=1S/C15H11BrClN3/c16-15-19-14(18)13(11-8-4-5-9-12(11)17)20(15)10-6-2-1-3-7-10/h1-9H,18H2. The fourth-order valence-electron chi connectivity index (χ4n) is 2.13. The van der Waals surface area contributed by atoms with Gasteiger partial charge in [0.25, 0.3) is 0 Å². The SMILES string of the molecule is Nc1nc(Br)n(-c2ccccc2)c1-c1ccccc1Cl. The normalized spacial score (nSPS) is 10.7. The summed E-state index contributed by atoms with van der Waals surface area (Å²) in [7, 11) is 0. The Bertz CT molecular complexity index is 753. The predicted octanol–water partition coefficient (Wildman–Crippen LogP) is 4.54. The molecule has 0 fully saturated rings. The summed E-state index contributed by atoms with van der Waals surface area (Å²) in [5, 5.41) is 0.642. The van der Waals surface area contributed by atoms with Gasteiger partial charge in [-0.25, -0.2) is 4.98 Å². The number of rotatable bonds is 2. The predicted molar refractivity (Wildman–Crippen MR) is 86.1 cm³/mol. The molecule has 2 N–H and O–H groups in total. The Labute approximate surface area is 130 Å². The van der Waals surface area contributed by atoms with Crippen molar-refractivity contribution in [2.75, 3.05) is 5.73 Å². The highest BCUT2D eigenvalue weighted by atomic mass is 79.9. The molecule has 3 aromatic rings. The highest BCUT2D eigenvalue weighted by Gasteiger charge is 2.18. The Balaban J connectivity index is 2.30. The lowest BCUT2D eigenvalue weighted by atomic mass is 10.1. The van der Waals surface area contributed by atoms with Crippen LogP contribution in [0.3, 0.4) is 0 Å². The number of halogens is 2. The molecule has 0 aliphatic rings. The average molecular weight is 349 g/mol. The molecule has 0 atom stereocenters. The number of nitrogens with zero attached hydrogens (tertiary/aromatic N) is 2. The lowest BCUT2D eigenvalue weighted by Crippen LogP contribution is -1.99. The summed E-state index contributed by atoms with van der Waals surface area (Å²) in [6.07, 6.45) is 0. The molecule has 0 aliphatic heterocycles. The first-order chi connectivity index (χ1) is 9.68. The lowest BCUT2D eigenvalue weighted by Gasteiger charge is -2.11. The van der Waals surface area contributed by atoms with Crippen LogP contribution in [-0.4, -0.2) is 9.55 Å². The third-order valence-corrected chi connectivity index (χ3v) is 3.87. The van der Waals surface area contributed by atoms with Crippen molar-refractivity contribution >= 4 is 33.3 Å². The molecule has 20 heavy (non-hydrogen) atoms. The second-order valence-electron chi connectivity index (χ2n) is 4.27. The summed E-state index contributed by atoms with van der Waals surface area (Å²) < 4.78 is 2.59. The van der Waals surface area contributed by atoms with Crippen LogP contribution in [0.4, 0.5) is 5.82 Å². The van der Waals surface area contributed by atoms with E-state index in [1.165, 1.54) is 0 Å². The van der Waals surface area contributed by atoms with Gasteiger partial charge in [0.2, 0.25) is 0 Å². The molecule has 0 radical (unpaired) electrons. The van der Waals surface area contributed by atoms with E-state index in [2.05, 4.69) is 20.9 Å². The highest BCUT2D eigenvalue weighted by molar-refractivity contribution is 9.10. The number of anilines is 1. The number of nitrogen functional groups attached to an aromatic ring is 1. The maximum absolute atomic E-state index is 6.29. The lowest BCUT2D eigenvalue weighted by molar-refractivity contribution is 1.02. The molecule has 0 aliphatic carbocycles. The molecule has 0 amide bonds. The van der Waals surface area contributed by atoms with Crippen molar-refractivity contribution in [3.63, 3.8) is 0 Å². The van der Waals surface area contributed by atoms with Crippen LogP contribution in [0.25, 0.3) is 16.9 Å². The minimum Gasteiger partial charge on any atom is -0.382 e. The molecule has 1 heterocycles. The fraction of sp³-hybridized carbons (Fsp3) is 0. The molecule has 1 aromatic heterocycles. The monoisotopic (exact) mass is 347 g/mol. The van der Waals surface area contributed by atoms with E-state index >= 15 is 0 Å². The Kier molecular flexibility index (Phi) is 3.51. The zero-order chi connectivity index (χ0) is 14.1. The summed E-state index contributed by atoms with van der Waals surface area (Å²) in [5.41, 5.74) is 8.67. The van der Waals surface area contributed by atoms with Gasteiger partial charge in [-0.15, -0.1) is 0 Å². The van der Waals surface area contributed by atoms with Crippen LogP contribution >= 0.6 is 27.5 Å². The Morgan fingerprint density at radius 1 is 1.00 bits per heavy atom. The largest absolute Gasteiger partial charge is 0.382 e. The molecule has 3 nitrogen and oxygen atoms in total. The number of benzene rings is 2. The number of nitrogens with two attached hydrogens (primary N) is 1. The maximum atomic E-state index is 6.29. The smallest absolute Gasteiger partial charge is 0.184 e. The summed E-state index contributed by atoms with van der Waals surface area (Å²) in [5.74, 6) is 0.439. The average Bonchev–Trinajstić information content (AvgIpc) is 2.75. The van der Waals surface area contributed by atoms with Crippen LogP contribution in [0.5, 0.6) is 0 Å². The van der Waals surface area contributed by atoms with Crippen molar-refractivity contribution in [2.45, 2.75) is 0 Å². The van der Waals surface area contributed by atoms with Gasteiger partial charge in [-0.05, 0) is 34.1 Å². The van der Waals surface area contributed by atoms with Gasteiger partial charge in [0.05, 0.1) is 10.7 Å². The highest BCUT2D eigenvalue weighted by Crippen LogP contribution is 2.36. The van der Waals surface area contributed by atoms with Gasteiger partial charge < -0.3 is 5.73 Å². The second kappa shape index (κ2) is 5.31. The zero-order valence-corrected chi connectivity index (χ0v) is 12.8. The van der Waals surface area contributed by atoms with Crippen LogP contribution in [0.15, 0.2) is 59.3 Å². The van der Waals surface area contributed by atoms with Crippen molar-refractivity contribution in [1.29, 1.82) is 0 Å². The van der Waals surface area contributed by atoms with Gasteiger partial charge in [-0.3, -0.25) is 4.57 Å². The molecule has 0 saturated heterocycles. The second-order valence-corrected chi connectivity index (χ2v) is 5.38. The van der Waals surface area contributed by atoms with Gasteiger partial charge in [0, 0.05) is 11.3 Å². The van der Waals surface area contributed by atoms with Crippen LogP contribution in [0, 0.1) is 0 Å². The Hall–Kier alpha value is -1.78. The first kappa shape index (κ1) is 13.2. The summed E-state index contributed by atoms with van der Waals surface area (Å²) in [4.78, 5) is 4.30. The van der Waals surface area contributed by atoms with Gasteiger partial charge in [-0.2, -0.15) is 0 Å². The molecule has 2 aromatic carbocycles. The van der Waals surface area contributed by atoms with Crippen molar-refractivity contribution < 1.29 is 0 Å². The Morgan fingerprint density at radius 3 is 2.35 bits per heavy atom. The van der Waals surface area contributed by atoms with E-state index in [1.807, 2.05) is 59.2 Å². The summed E-state index contributed by atoms with van der Waals surface area (Å²) >= 11 is 9.74. The quantitative estimate of drug-likeness (QED) is 0.739. The van der Waals surface area contributed by atoms with Crippen LogP contribution in [0.1, 0.15) is 0 Å². The molecular formula is C15H11BrClN3. The maximum Gasteiger partial charge on any atom is 0.184 e. The van der Waals surface area contributed by atoms with E-state index < -0.39 is 0 Å². The van der Waals surface area contributed by atoms with E-state index in [-0.39, 0.29) is 0 Å². The van der Waals surface area contributed by atoms with Crippen LogP contribution in [-0.2, 0) is 0 Å². The first-order valence-electron chi connectivity index (χ1n) is 6.02. The van der Waals surface area contributed by atoms with Crippen LogP contribution < -0.4 is 5.73 Å². The molecule has 5 heteroatoms. The number of imidazole rings is 1.